The lowest BCUT2D eigenvalue weighted by Crippen LogP contribution is -2.17. The van der Waals surface area contributed by atoms with Gasteiger partial charge in [0.05, 0.1) is 22.0 Å². The molecule has 0 saturated heterocycles. The predicted octanol–water partition coefficient (Wildman–Crippen LogP) is 4.73. The van der Waals surface area contributed by atoms with E-state index >= 15 is 0 Å². The minimum atomic E-state index is -0.544. The van der Waals surface area contributed by atoms with Crippen molar-refractivity contribution in [2.24, 2.45) is 5.92 Å². The van der Waals surface area contributed by atoms with Gasteiger partial charge < -0.3 is 15.5 Å². The zero-order chi connectivity index (χ0) is 28.0. The van der Waals surface area contributed by atoms with Crippen LogP contribution in [0.2, 0.25) is 0 Å². The van der Waals surface area contributed by atoms with E-state index in [1.807, 2.05) is 29.0 Å². The highest BCUT2D eigenvalue weighted by atomic mass is 32.2. The topological polar surface area (TPSA) is 108 Å². The number of rotatable bonds is 5. The minimum absolute atomic E-state index is 0.0866. The number of hydrogen-bond acceptors (Lipinski definition) is 7. The number of anilines is 3. The molecular weight excluding hydrogens is 529 g/mol. The fourth-order valence-electron chi connectivity index (χ4n) is 5.33. The summed E-state index contributed by atoms with van der Waals surface area (Å²) in [5.74, 6) is -0.0223. The SMILES string of the molecule is Cc1c(-c2cc(Nc3cc4n(n3)CCCN(C)C4)c(=O)[nH]n2)ccc(F)c1NC(=O)C1=CC2=CC=CC(C)C2S1. The van der Waals surface area contributed by atoms with Crippen LogP contribution in [-0.2, 0) is 17.9 Å². The number of amides is 1. The van der Waals surface area contributed by atoms with Crippen molar-refractivity contribution in [1.29, 1.82) is 0 Å². The number of allylic oxidation sites excluding steroid dienone is 4. The first-order chi connectivity index (χ1) is 19.3. The first-order valence-electron chi connectivity index (χ1n) is 13.3. The van der Waals surface area contributed by atoms with E-state index in [0.29, 0.717) is 33.5 Å². The Labute approximate surface area is 235 Å². The van der Waals surface area contributed by atoms with Gasteiger partial charge in [0.2, 0.25) is 0 Å². The summed E-state index contributed by atoms with van der Waals surface area (Å²) in [7, 11) is 2.07. The van der Waals surface area contributed by atoms with Crippen LogP contribution in [-0.4, -0.2) is 49.6 Å². The van der Waals surface area contributed by atoms with Gasteiger partial charge in [-0.3, -0.25) is 14.3 Å². The average molecular weight is 560 g/mol. The number of aromatic nitrogens is 4. The van der Waals surface area contributed by atoms with Crippen LogP contribution in [0.25, 0.3) is 11.3 Å². The number of aryl methyl sites for hydroxylation is 1. The van der Waals surface area contributed by atoms with E-state index in [2.05, 4.69) is 50.9 Å². The summed E-state index contributed by atoms with van der Waals surface area (Å²) < 4.78 is 16.9. The zero-order valence-electron chi connectivity index (χ0n) is 22.5. The predicted molar refractivity (Wildman–Crippen MR) is 156 cm³/mol. The summed E-state index contributed by atoms with van der Waals surface area (Å²) >= 11 is 1.49. The van der Waals surface area contributed by atoms with Crippen molar-refractivity contribution in [3.05, 3.63) is 86.5 Å². The standard InChI is InChI=1S/C29H30FN7O2S/c1-16-6-4-7-18-12-24(40-27(16)18)29(39)32-26-17(2)20(8-9-21(26)30)22-14-23(28(38)34-33-22)31-25-13-19-15-36(3)10-5-11-37(19)35-25/h4,6-9,12-14,16,27H,5,10-11,15H2,1-3H3,(H,32,39)(H,34,38)(H,31,33,35). The van der Waals surface area contributed by atoms with Crippen LogP contribution < -0.4 is 16.2 Å². The van der Waals surface area contributed by atoms with Gasteiger partial charge in [-0.25, -0.2) is 9.49 Å². The van der Waals surface area contributed by atoms with Crippen LogP contribution in [0.4, 0.5) is 21.6 Å². The normalized spacial score (nSPS) is 20.3. The molecule has 2 atom stereocenters. The first-order valence-corrected chi connectivity index (χ1v) is 14.1. The molecule has 9 nitrogen and oxygen atoms in total. The highest BCUT2D eigenvalue weighted by molar-refractivity contribution is 8.05. The second-order valence-corrected chi connectivity index (χ2v) is 11.6. The number of aromatic amines is 1. The number of thioether (sulfide) groups is 1. The Balaban J connectivity index is 1.25. The maximum absolute atomic E-state index is 15.0. The maximum Gasteiger partial charge on any atom is 0.287 e. The number of H-pyrrole nitrogens is 1. The second-order valence-electron chi connectivity index (χ2n) is 10.5. The van der Waals surface area contributed by atoms with Gasteiger partial charge in [-0.1, -0.05) is 25.2 Å². The fraction of sp³-hybridized carbons (Fsp3) is 0.310. The number of fused-ring (bicyclic) bond motifs is 2. The monoisotopic (exact) mass is 559 g/mol. The van der Waals surface area contributed by atoms with Crippen LogP contribution in [0.1, 0.15) is 24.6 Å². The van der Waals surface area contributed by atoms with Crippen molar-refractivity contribution in [3.63, 3.8) is 0 Å². The summed E-state index contributed by atoms with van der Waals surface area (Å²) in [4.78, 5) is 28.6. The van der Waals surface area contributed by atoms with Gasteiger partial charge in [-0.15, -0.1) is 11.8 Å². The molecule has 11 heteroatoms. The Morgan fingerprint density at radius 2 is 2.10 bits per heavy atom. The Bertz CT molecular complexity index is 1650. The summed E-state index contributed by atoms with van der Waals surface area (Å²) in [6.45, 7) is 6.43. The Morgan fingerprint density at radius 1 is 1.25 bits per heavy atom. The first kappa shape index (κ1) is 26.3. The molecular formula is C29H30FN7O2S. The quantitative estimate of drug-likeness (QED) is 0.415. The maximum atomic E-state index is 15.0. The van der Waals surface area contributed by atoms with E-state index in [1.165, 1.54) is 17.8 Å². The molecule has 206 valence electrons. The fourth-order valence-corrected chi connectivity index (χ4v) is 6.55. The van der Waals surface area contributed by atoms with E-state index in [0.717, 1.165) is 37.3 Å². The number of carbonyl (C=O) groups excluding carboxylic acids is 1. The number of nitrogens with zero attached hydrogens (tertiary/aromatic N) is 4. The summed E-state index contributed by atoms with van der Waals surface area (Å²) in [6, 6.07) is 6.44. The lowest BCUT2D eigenvalue weighted by molar-refractivity contribution is -0.112. The number of benzene rings is 1. The molecule has 0 spiro atoms. The number of carbonyl (C=O) groups is 1. The number of halogens is 1. The lowest BCUT2D eigenvalue weighted by Gasteiger charge is -2.19. The van der Waals surface area contributed by atoms with E-state index in [1.54, 1.807) is 19.1 Å². The molecule has 40 heavy (non-hydrogen) atoms. The average Bonchev–Trinajstić information content (AvgIpc) is 3.48. The smallest absolute Gasteiger partial charge is 0.287 e. The van der Waals surface area contributed by atoms with Crippen molar-refractivity contribution in [1.82, 2.24) is 24.9 Å². The van der Waals surface area contributed by atoms with Gasteiger partial charge in [0.15, 0.2) is 5.82 Å². The molecule has 3 aliphatic rings. The van der Waals surface area contributed by atoms with Gasteiger partial charge in [0.25, 0.3) is 11.5 Å². The Hall–Kier alpha value is -3.96. The number of nitrogens with one attached hydrogen (secondary N) is 3. The van der Waals surface area contributed by atoms with Crippen LogP contribution in [0.3, 0.4) is 0 Å². The van der Waals surface area contributed by atoms with Gasteiger partial charge in [-0.2, -0.15) is 10.2 Å². The van der Waals surface area contributed by atoms with Crippen molar-refractivity contribution in [2.75, 3.05) is 24.2 Å². The largest absolute Gasteiger partial charge is 0.334 e. The van der Waals surface area contributed by atoms with Crippen molar-refractivity contribution < 1.29 is 9.18 Å². The molecule has 1 aromatic carbocycles. The number of hydrogen-bond donors (Lipinski definition) is 3. The third kappa shape index (κ3) is 5.02. The lowest BCUT2D eigenvalue weighted by atomic mass is 9.95. The van der Waals surface area contributed by atoms with Crippen molar-refractivity contribution >= 4 is 34.9 Å². The van der Waals surface area contributed by atoms with Gasteiger partial charge in [-0.05, 0) is 61.7 Å². The molecule has 1 amide bonds. The summed E-state index contributed by atoms with van der Waals surface area (Å²) in [5.41, 5.74) is 3.64. The van der Waals surface area contributed by atoms with Crippen LogP contribution in [0.15, 0.2) is 63.8 Å². The molecule has 6 rings (SSSR count). The third-order valence-electron chi connectivity index (χ3n) is 7.48. The molecule has 2 aliphatic heterocycles. The van der Waals surface area contributed by atoms with E-state index < -0.39 is 11.4 Å². The van der Waals surface area contributed by atoms with E-state index in [9.17, 15) is 14.0 Å². The van der Waals surface area contributed by atoms with Crippen LogP contribution >= 0.6 is 11.8 Å². The molecule has 1 aliphatic carbocycles. The van der Waals surface area contributed by atoms with Gasteiger partial charge in [0.1, 0.15) is 11.5 Å². The molecule has 3 aromatic rings. The highest BCUT2D eigenvalue weighted by Gasteiger charge is 2.31. The molecule has 0 saturated carbocycles. The Morgan fingerprint density at radius 3 is 2.92 bits per heavy atom. The van der Waals surface area contributed by atoms with Gasteiger partial charge >= 0.3 is 0 Å². The van der Waals surface area contributed by atoms with Crippen LogP contribution in [0.5, 0.6) is 0 Å². The minimum Gasteiger partial charge on any atom is -0.334 e. The zero-order valence-corrected chi connectivity index (χ0v) is 23.3. The highest BCUT2D eigenvalue weighted by Crippen LogP contribution is 2.43. The molecule has 0 fully saturated rings. The summed E-state index contributed by atoms with van der Waals surface area (Å²) in [5, 5.41) is 17.4. The molecule has 2 unspecified atom stereocenters. The molecule has 3 N–H and O–H groups in total. The molecule has 0 bridgehead atoms. The van der Waals surface area contributed by atoms with E-state index in [4.69, 9.17) is 0 Å². The summed E-state index contributed by atoms with van der Waals surface area (Å²) in [6.07, 6.45) is 9.00. The van der Waals surface area contributed by atoms with Gasteiger partial charge in [0, 0.05) is 36.5 Å². The second kappa shape index (κ2) is 10.5. The van der Waals surface area contributed by atoms with Crippen molar-refractivity contribution in [3.8, 4) is 11.3 Å². The third-order valence-corrected chi connectivity index (χ3v) is 9.00. The van der Waals surface area contributed by atoms with Crippen molar-refractivity contribution in [2.45, 2.75) is 38.6 Å². The van der Waals surface area contributed by atoms with Crippen LogP contribution in [0, 0.1) is 18.7 Å². The molecule has 2 aromatic heterocycles. The molecule has 4 heterocycles. The van der Waals surface area contributed by atoms with E-state index in [-0.39, 0.29) is 22.5 Å². The Kier molecular flexibility index (Phi) is 6.93. The molecule has 0 radical (unpaired) electrons.